The average Bonchev–Trinajstić information content (AvgIpc) is 2.68. The van der Waals surface area contributed by atoms with Crippen molar-refractivity contribution in [3.8, 4) is 0 Å². The van der Waals surface area contributed by atoms with Crippen molar-refractivity contribution in [3.05, 3.63) is 35.4 Å². The Balaban J connectivity index is 1.51. The van der Waals surface area contributed by atoms with Crippen LogP contribution in [0, 0.1) is 0 Å². The Kier molecular flexibility index (Phi) is 4.71. The Morgan fingerprint density at radius 2 is 1.65 bits per heavy atom. The van der Waals surface area contributed by atoms with E-state index >= 15 is 0 Å². The Bertz CT molecular complexity index is 424. The van der Waals surface area contributed by atoms with Crippen molar-refractivity contribution < 1.29 is 0 Å². The number of fused-ring (bicyclic) bond motifs is 1. The van der Waals surface area contributed by atoms with E-state index in [9.17, 15) is 0 Å². The van der Waals surface area contributed by atoms with E-state index in [4.69, 9.17) is 5.73 Å². The van der Waals surface area contributed by atoms with Gasteiger partial charge in [0.15, 0.2) is 0 Å². The highest BCUT2D eigenvalue weighted by molar-refractivity contribution is 5.27. The Morgan fingerprint density at radius 3 is 2.45 bits per heavy atom. The molecule has 0 aliphatic carbocycles. The van der Waals surface area contributed by atoms with Gasteiger partial charge in [0, 0.05) is 25.7 Å². The van der Waals surface area contributed by atoms with Crippen molar-refractivity contribution in [2.75, 3.05) is 32.7 Å². The number of rotatable bonds is 3. The third-order valence-electron chi connectivity index (χ3n) is 4.80. The Labute approximate surface area is 122 Å². The summed E-state index contributed by atoms with van der Waals surface area (Å²) in [4.78, 5) is 5.21. The number of nitrogens with zero attached hydrogens (tertiary/aromatic N) is 2. The fraction of sp³-hybridized carbons (Fsp3) is 0.647. The molecular weight excluding hydrogens is 246 g/mol. The molecule has 1 aromatic rings. The van der Waals surface area contributed by atoms with Gasteiger partial charge in [-0.15, -0.1) is 0 Å². The van der Waals surface area contributed by atoms with E-state index < -0.39 is 0 Å². The predicted octanol–water partition coefficient (Wildman–Crippen LogP) is 1.86. The lowest BCUT2D eigenvalue weighted by Crippen LogP contribution is -2.43. The van der Waals surface area contributed by atoms with E-state index in [2.05, 4.69) is 34.1 Å². The minimum Gasteiger partial charge on any atom is -0.328 e. The lowest BCUT2D eigenvalue weighted by atomic mass is 10.0. The number of hydrogen-bond acceptors (Lipinski definition) is 3. The summed E-state index contributed by atoms with van der Waals surface area (Å²) >= 11 is 0. The predicted molar refractivity (Wildman–Crippen MR) is 83.7 cm³/mol. The van der Waals surface area contributed by atoms with Crippen LogP contribution in [0.25, 0.3) is 0 Å². The van der Waals surface area contributed by atoms with Crippen LogP contribution in [0.15, 0.2) is 24.3 Å². The van der Waals surface area contributed by atoms with Gasteiger partial charge in [-0.2, -0.15) is 0 Å². The average molecular weight is 273 g/mol. The fourth-order valence-corrected chi connectivity index (χ4v) is 3.42. The van der Waals surface area contributed by atoms with E-state index in [-0.39, 0.29) is 0 Å². The van der Waals surface area contributed by atoms with Crippen molar-refractivity contribution in [3.63, 3.8) is 0 Å². The molecule has 3 heteroatoms. The molecule has 1 fully saturated rings. The zero-order valence-electron chi connectivity index (χ0n) is 12.4. The van der Waals surface area contributed by atoms with Crippen LogP contribution in [0.1, 0.15) is 30.4 Å². The maximum Gasteiger partial charge on any atom is 0.0237 e. The fourth-order valence-electron chi connectivity index (χ4n) is 3.42. The second-order valence-electron chi connectivity index (χ2n) is 6.33. The normalized spacial score (nSPS) is 22.4. The molecule has 3 rings (SSSR count). The molecule has 2 heterocycles. The maximum atomic E-state index is 5.97. The van der Waals surface area contributed by atoms with Crippen LogP contribution in [0.2, 0.25) is 0 Å². The largest absolute Gasteiger partial charge is 0.328 e. The number of aryl methyl sites for hydroxylation is 1. The molecule has 2 aliphatic heterocycles. The molecule has 2 N–H and O–H groups in total. The third-order valence-corrected chi connectivity index (χ3v) is 4.80. The first-order valence-electron chi connectivity index (χ1n) is 8.08. The first-order valence-corrected chi connectivity index (χ1v) is 8.08. The minimum absolute atomic E-state index is 0.441. The van der Waals surface area contributed by atoms with Crippen LogP contribution in [0.3, 0.4) is 0 Å². The molecule has 1 saturated heterocycles. The lowest BCUT2D eigenvalue weighted by Gasteiger charge is -2.32. The Morgan fingerprint density at radius 1 is 0.950 bits per heavy atom. The highest BCUT2D eigenvalue weighted by Crippen LogP contribution is 2.18. The molecule has 20 heavy (non-hydrogen) atoms. The van der Waals surface area contributed by atoms with Crippen molar-refractivity contribution in [2.45, 2.75) is 38.3 Å². The molecule has 0 bridgehead atoms. The zero-order valence-corrected chi connectivity index (χ0v) is 12.4. The Hall–Kier alpha value is -0.900. The lowest BCUT2D eigenvalue weighted by molar-refractivity contribution is 0.171. The summed E-state index contributed by atoms with van der Waals surface area (Å²) in [5, 5.41) is 0. The van der Waals surface area contributed by atoms with Gasteiger partial charge in [-0.05, 0) is 56.4 Å². The summed E-state index contributed by atoms with van der Waals surface area (Å²) in [5.41, 5.74) is 9.06. The summed E-state index contributed by atoms with van der Waals surface area (Å²) in [6, 6.07) is 9.38. The standard InChI is InChI=1S/C17H27N3/c18-17-7-10-19(11-8-17)12-13-20-9-3-6-15-4-1-2-5-16(15)14-20/h1-2,4-5,17H,3,6-14,18H2. The second-order valence-corrected chi connectivity index (χ2v) is 6.33. The molecule has 0 atom stereocenters. The van der Waals surface area contributed by atoms with Gasteiger partial charge in [-0.3, -0.25) is 4.90 Å². The van der Waals surface area contributed by atoms with Gasteiger partial charge in [0.25, 0.3) is 0 Å². The molecule has 0 spiro atoms. The second kappa shape index (κ2) is 6.70. The van der Waals surface area contributed by atoms with E-state index in [1.54, 1.807) is 5.56 Å². The van der Waals surface area contributed by atoms with Crippen molar-refractivity contribution in [2.24, 2.45) is 5.73 Å². The quantitative estimate of drug-likeness (QED) is 0.912. The summed E-state index contributed by atoms with van der Waals surface area (Å²) in [6.45, 7) is 7.14. The smallest absolute Gasteiger partial charge is 0.0237 e. The van der Waals surface area contributed by atoms with Gasteiger partial charge >= 0.3 is 0 Å². The number of benzene rings is 1. The van der Waals surface area contributed by atoms with E-state index in [1.165, 1.54) is 64.0 Å². The molecule has 0 saturated carbocycles. The van der Waals surface area contributed by atoms with Gasteiger partial charge in [-0.25, -0.2) is 0 Å². The molecule has 0 unspecified atom stereocenters. The number of likely N-dealkylation sites (tertiary alicyclic amines) is 1. The van der Waals surface area contributed by atoms with Crippen LogP contribution in [0.4, 0.5) is 0 Å². The number of nitrogens with two attached hydrogens (primary N) is 1. The highest BCUT2D eigenvalue weighted by Gasteiger charge is 2.18. The monoisotopic (exact) mass is 273 g/mol. The van der Waals surface area contributed by atoms with Crippen molar-refractivity contribution in [1.29, 1.82) is 0 Å². The molecule has 110 valence electrons. The molecule has 3 nitrogen and oxygen atoms in total. The van der Waals surface area contributed by atoms with Gasteiger partial charge in [-0.1, -0.05) is 24.3 Å². The minimum atomic E-state index is 0.441. The van der Waals surface area contributed by atoms with Gasteiger partial charge in [0.1, 0.15) is 0 Å². The third kappa shape index (κ3) is 3.60. The molecule has 0 aromatic heterocycles. The summed E-state index contributed by atoms with van der Waals surface area (Å²) in [6.07, 6.45) is 4.87. The zero-order chi connectivity index (χ0) is 13.8. The van der Waals surface area contributed by atoms with Crippen molar-refractivity contribution in [1.82, 2.24) is 9.80 Å². The van der Waals surface area contributed by atoms with Crippen LogP contribution in [0.5, 0.6) is 0 Å². The first kappa shape index (κ1) is 14.1. The summed E-state index contributed by atoms with van der Waals surface area (Å²) < 4.78 is 0. The van der Waals surface area contributed by atoms with Crippen LogP contribution < -0.4 is 5.73 Å². The van der Waals surface area contributed by atoms with Crippen LogP contribution in [-0.2, 0) is 13.0 Å². The maximum absolute atomic E-state index is 5.97. The summed E-state index contributed by atoms with van der Waals surface area (Å²) in [7, 11) is 0. The van der Waals surface area contributed by atoms with Gasteiger partial charge < -0.3 is 10.6 Å². The number of hydrogen-bond donors (Lipinski definition) is 1. The molecule has 0 amide bonds. The summed E-state index contributed by atoms with van der Waals surface area (Å²) in [5.74, 6) is 0. The first-order chi connectivity index (χ1) is 9.81. The highest BCUT2D eigenvalue weighted by atomic mass is 15.2. The number of piperidine rings is 1. The molecule has 2 aliphatic rings. The molecule has 1 aromatic carbocycles. The SMILES string of the molecule is NC1CCN(CCN2CCCc3ccccc3C2)CC1. The van der Waals surface area contributed by atoms with Crippen LogP contribution in [-0.4, -0.2) is 48.6 Å². The van der Waals surface area contributed by atoms with Crippen LogP contribution >= 0.6 is 0 Å². The van der Waals surface area contributed by atoms with E-state index in [1.807, 2.05) is 0 Å². The van der Waals surface area contributed by atoms with Gasteiger partial charge in [0.2, 0.25) is 0 Å². The van der Waals surface area contributed by atoms with E-state index in [0.717, 1.165) is 6.54 Å². The molecule has 0 radical (unpaired) electrons. The van der Waals surface area contributed by atoms with E-state index in [0.29, 0.717) is 6.04 Å². The topological polar surface area (TPSA) is 32.5 Å². The van der Waals surface area contributed by atoms with Gasteiger partial charge in [0.05, 0.1) is 0 Å². The van der Waals surface area contributed by atoms with Crippen molar-refractivity contribution >= 4 is 0 Å². The molecular formula is C17H27N3.